The van der Waals surface area contributed by atoms with Crippen LogP contribution in [0.5, 0.6) is 17.2 Å². The standard InChI is InChI=1S/C18H19BrN2O5/c1-10(22)20-11-5-7-12(8-6-11)21-18(23)13-9-14(24-2)16(25-3)17(26-4)15(13)19/h5-9H,1-4H3,(H,20,22)(H,21,23). The quantitative estimate of drug-likeness (QED) is 0.741. The average Bonchev–Trinajstić information content (AvgIpc) is 2.62. The van der Waals surface area contributed by atoms with Crippen LogP contribution in [-0.2, 0) is 4.79 Å². The maximum atomic E-state index is 12.7. The highest BCUT2D eigenvalue weighted by molar-refractivity contribution is 9.10. The molecule has 0 saturated carbocycles. The van der Waals surface area contributed by atoms with Gasteiger partial charge in [0.05, 0.1) is 31.4 Å². The van der Waals surface area contributed by atoms with Gasteiger partial charge >= 0.3 is 0 Å². The van der Waals surface area contributed by atoms with Gasteiger partial charge in [0.15, 0.2) is 11.5 Å². The molecule has 2 aromatic rings. The highest BCUT2D eigenvalue weighted by Crippen LogP contribution is 2.44. The normalized spacial score (nSPS) is 10.0. The molecule has 2 rings (SSSR count). The van der Waals surface area contributed by atoms with Gasteiger partial charge < -0.3 is 24.8 Å². The Morgan fingerprint density at radius 1 is 0.885 bits per heavy atom. The Bertz CT molecular complexity index is 821. The van der Waals surface area contributed by atoms with Crippen LogP contribution in [0.25, 0.3) is 0 Å². The summed E-state index contributed by atoms with van der Waals surface area (Å²) in [7, 11) is 4.45. The molecule has 0 spiro atoms. The van der Waals surface area contributed by atoms with E-state index >= 15 is 0 Å². The molecule has 0 bridgehead atoms. The number of nitrogens with one attached hydrogen (secondary N) is 2. The molecule has 0 radical (unpaired) electrons. The van der Waals surface area contributed by atoms with E-state index in [4.69, 9.17) is 14.2 Å². The fourth-order valence-electron chi connectivity index (χ4n) is 2.32. The van der Waals surface area contributed by atoms with Gasteiger partial charge in [-0.3, -0.25) is 9.59 Å². The fourth-order valence-corrected chi connectivity index (χ4v) is 2.96. The molecule has 0 aromatic heterocycles. The maximum Gasteiger partial charge on any atom is 0.257 e. The number of hydrogen-bond donors (Lipinski definition) is 2. The van der Waals surface area contributed by atoms with Crippen LogP contribution < -0.4 is 24.8 Å². The van der Waals surface area contributed by atoms with Crippen LogP contribution in [-0.4, -0.2) is 33.1 Å². The van der Waals surface area contributed by atoms with Crippen molar-refractivity contribution >= 4 is 39.1 Å². The van der Waals surface area contributed by atoms with Crippen molar-refractivity contribution in [2.24, 2.45) is 0 Å². The summed E-state index contributed by atoms with van der Waals surface area (Å²) in [6, 6.07) is 8.33. The van der Waals surface area contributed by atoms with Crippen LogP contribution in [0, 0.1) is 0 Å². The number of anilines is 2. The van der Waals surface area contributed by atoms with Crippen molar-refractivity contribution in [3.05, 3.63) is 40.4 Å². The van der Waals surface area contributed by atoms with Gasteiger partial charge in [-0.1, -0.05) is 0 Å². The first kappa shape index (κ1) is 19.6. The minimum absolute atomic E-state index is 0.164. The Morgan fingerprint density at radius 3 is 1.88 bits per heavy atom. The molecule has 0 saturated heterocycles. The lowest BCUT2D eigenvalue weighted by molar-refractivity contribution is -0.114. The number of halogens is 1. The van der Waals surface area contributed by atoms with Crippen molar-refractivity contribution in [2.75, 3.05) is 32.0 Å². The van der Waals surface area contributed by atoms with Crippen LogP contribution in [0.15, 0.2) is 34.8 Å². The van der Waals surface area contributed by atoms with E-state index in [1.54, 1.807) is 30.3 Å². The summed E-state index contributed by atoms with van der Waals surface area (Å²) in [5.74, 6) is 0.598. The van der Waals surface area contributed by atoms with Gasteiger partial charge in [0.2, 0.25) is 11.7 Å². The topological polar surface area (TPSA) is 85.9 Å². The third-order valence-electron chi connectivity index (χ3n) is 3.48. The van der Waals surface area contributed by atoms with Crippen LogP contribution in [0.3, 0.4) is 0 Å². The molecule has 0 aliphatic heterocycles. The first-order chi connectivity index (χ1) is 12.4. The molecule has 0 fully saturated rings. The molecule has 0 aliphatic carbocycles. The van der Waals surface area contributed by atoms with Crippen LogP contribution >= 0.6 is 15.9 Å². The van der Waals surface area contributed by atoms with Crippen molar-refractivity contribution in [3.63, 3.8) is 0 Å². The average molecular weight is 423 g/mol. The number of hydrogen-bond acceptors (Lipinski definition) is 5. The summed E-state index contributed by atoms with van der Waals surface area (Å²) in [5, 5.41) is 5.45. The van der Waals surface area contributed by atoms with Gasteiger partial charge in [-0.2, -0.15) is 0 Å². The molecule has 2 amide bonds. The molecule has 26 heavy (non-hydrogen) atoms. The van der Waals surface area contributed by atoms with Crippen molar-refractivity contribution in [2.45, 2.75) is 6.92 Å². The van der Waals surface area contributed by atoms with Crippen molar-refractivity contribution in [1.29, 1.82) is 0 Å². The molecule has 7 nitrogen and oxygen atoms in total. The van der Waals surface area contributed by atoms with Gasteiger partial charge in [0.25, 0.3) is 5.91 Å². The first-order valence-electron chi connectivity index (χ1n) is 7.58. The summed E-state index contributed by atoms with van der Waals surface area (Å²) in [6.45, 7) is 1.43. The minimum atomic E-state index is -0.358. The second-order valence-corrected chi connectivity index (χ2v) is 6.01. The minimum Gasteiger partial charge on any atom is -0.493 e. The van der Waals surface area contributed by atoms with E-state index in [0.29, 0.717) is 38.7 Å². The predicted molar refractivity (Wildman–Crippen MR) is 102 cm³/mol. The Balaban J connectivity index is 2.30. The number of carbonyl (C=O) groups excluding carboxylic acids is 2. The van der Waals surface area contributed by atoms with E-state index in [1.165, 1.54) is 28.3 Å². The van der Waals surface area contributed by atoms with Gasteiger partial charge in [-0.25, -0.2) is 0 Å². The molecule has 2 N–H and O–H groups in total. The highest BCUT2D eigenvalue weighted by atomic mass is 79.9. The largest absolute Gasteiger partial charge is 0.493 e. The number of amides is 2. The zero-order valence-corrected chi connectivity index (χ0v) is 16.4. The number of benzene rings is 2. The third kappa shape index (κ3) is 4.26. The second kappa shape index (κ2) is 8.57. The molecule has 2 aromatic carbocycles. The Morgan fingerprint density at radius 2 is 1.42 bits per heavy atom. The lowest BCUT2D eigenvalue weighted by Crippen LogP contribution is -2.14. The van der Waals surface area contributed by atoms with Crippen molar-refractivity contribution in [3.8, 4) is 17.2 Å². The summed E-state index contributed by atoms with van der Waals surface area (Å²) >= 11 is 3.38. The lowest BCUT2D eigenvalue weighted by atomic mass is 10.1. The van der Waals surface area contributed by atoms with Crippen LogP contribution in [0.2, 0.25) is 0 Å². The van der Waals surface area contributed by atoms with Gasteiger partial charge in [-0.15, -0.1) is 0 Å². The predicted octanol–water partition coefficient (Wildman–Crippen LogP) is 3.69. The van der Waals surface area contributed by atoms with Crippen LogP contribution in [0.4, 0.5) is 11.4 Å². The van der Waals surface area contributed by atoms with E-state index in [1.807, 2.05) is 0 Å². The van der Waals surface area contributed by atoms with Crippen LogP contribution in [0.1, 0.15) is 17.3 Å². The zero-order chi connectivity index (χ0) is 19.3. The Hall–Kier alpha value is -2.74. The molecular formula is C18H19BrN2O5. The maximum absolute atomic E-state index is 12.7. The number of carbonyl (C=O) groups is 2. The first-order valence-corrected chi connectivity index (χ1v) is 8.38. The van der Waals surface area contributed by atoms with Crippen molar-refractivity contribution in [1.82, 2.24) is 0 Å². The van der Waals surface area contributed by atoms with E-state index in [0.717, 1.165) is 0 Å². The summed E-state index contributed by atoms with van der Waals surface area (Å²) in [4.78, 5) is 23.7. The number of ether oxygens (including phenoxy) is 3. The zero-order valence-electron chi connectivity index (χ0n) is 14.8. The second-order valence-electron chi connectivity index (χ2n) is 5.22. The monoisotopic (exact) mass is 422 g/mol. The van der Waals surface area contributed by atoms with E-state index < -0.39 is 0 Å². The molecule has 0 atom stereocenters. The van der Waals surface area contributed by atoms with Gasteiger partial charge in [0.1, 0.15) is 0 Å². The van der Waals surface area contributed by atoms with E-state index in [-0.39, 0.29) is 11.8 Å². The molecule has 0 heterocycles. The number of methoxy groups -OCH3 is 3. The molecule has 138 valence electrons. The fraction of sp³-hybridized carbons (Fsp3) is 0.222. The molecule has 8 heteroatoms. The Labute approximate surface area is 159 Å². The third-order valence-corrected chi connectivity index (χ3v) is 4.26. The summed E-state index contributed by atoms with van der Waals surface area (Å²) in [5.41, 5.74) is 1.54. The smallest absolute Gasteiger partial charge is 0.257 e. The Kier molecular flexibility index (Phi) is 6.46. The van der Waals surface area contributed by atoms with Gasteiger partial charge in [-0.05, 0) is 46.3 Å². The summed E-state index contributed by atoms with van der Waals surface area (Å²) in [6.07, 6.45) is 0. The SMILES string of the molecule is COc1cc(C(=O)Nc2ccc(NC(C)=O)cc2)c(Br)c(OC)c1OC. The van der Waals surface area contributed by atoms with Crippen molar-refractivity contribution < 1.29 is 23.8 Å². The lowest BCUT2D eigenvalue weighted by Gasteiger charge is -2.16. The van der Waals surface area contributed by atoms with E-state index in [9.17, 15) is 9.59 Å². The molecule has 0 aliphatic rings. The number of rotatable bonds is 6. The highest BCUT2D eigenvalue weighted by Gasteiger charge is 2.22. The summed E-state index contributed by atoms with van der Waals surface area (Å²) < 4.78 is 16.4. The molecular weight excluding hydrogens is 404 g/mol. The van der Waals surface area contributed by atoms with E-state index in [2.05, 4.69) is 26.6 Å². The van der Waals surface area contributed by atoms with Gasteiger partial charge in [0, 0.05) is 18.3 Å². The molecule has 0 unspecified atom stereocenters.